The molecule has 2 aromatic carbocycles. The van der Waals surface area contributed by atoms with E-state index in [1.54, 1.807) is 25.1 Å². The minimum Gasteiger partial charge on any atom is -0.495 e. The highest BCUT2D eigenvalue weighted by Crippen LogP contribution is 2.20. The number of ether oxygens (including phenoxy) is 1. The number of hydrogen-bond donors (Lipinski definition) is 1. The van der Waals surface area contributed by atoms with Crippen molar-refractivity contribution in [1.29, 1.82) is 5.26 Å². The molecule has 0 bridgehead atoms. The summed E-state index contributed by atoms with van der Waals surface area (Å²) in [6.07, 6.45) is 0. The maximum absolute atomic E-state index is 13.4. The molecule has 0 aliphatic rings. The number of anilines is 1. The third-order valence-electron chi connectivity index (χ3n) is 3.05. The van der Waals surface area contributed by atoms with Gasteiger partial charge in [0.05, 0.1) is 12.7 Å². The van der Waals surface area contributed by atoms with E-state index in [2.05, 4.69) is 11.4 Å². The number of hydrogen-bond acceptors (Lipinski definition) is 3. The fraction of sp³-hybridized carbons (Fsp3) is 0.188. The average molecular weight is 270 g/mol. The van der Waals surface area contributed by atoms with Crippen molar-refractivity contribution in [2.75, 3.05) is 12.4 Å². The summed E-state index contributed by atoms with van der Waals surface area (Å²) in [6.45, 7) is 2.24. The topological polar surface area (TPSA) is 45.0 Å². The van der Waals surface area contributed by atoms with Crippen LogP contribution in [-0.4, -0.2) is 7.11 Å². The molecule has 0 aromatic heterocycles. The first kappa shape index (κ1) is 13.9. The molecule has 3 nitrogen and oxygen atoms in total. The maximum Gasteiger partial charge on any atom is 0.136 e. The fourth-order valence-corrected chi connectivity index (χ4v) is 1.86. The van der Waals surface area contributed by atoms with Gasteiger partial charge in [-0.25, -0.2) is 4.39 Å². The zero-order chi connectivity index (χ0) is 14.5. The second kappa shape index (κ2) is 6.07. The van der Waals surface area contributed by atoms with Gasteiger partial charge in [0.25, 0.3) is 0 Å². The first-order valence-corrected chi connectivity index (χ1v) is 6.21. The SMILES string of the molecule is COc1ccc(CNc2ccc(C)c(F)c2)cc1C#N. The summed E-state index contributed by atoms with van der Waals surface area (Å²) < 4.78 is 18.5. The number of rotatable bonds is 4. The summed E-state index contributed by atoms with van der Waals surface area (Å²) >= 11 is 0. The number of aryl methyl sites for hydroxylation is 1. The van der Waals surface area contributed by atoms with Gasteiger partial charge >= 0.3 is 0 Å². The van der Waals surface area contributed by atoms with Gasteiger partial charge in [-0.3, -0.25) is 0 Å². The van der Waals surface area contributed by atoms with Gasteiger partial charge in [0.15, 0.2) is 0 Å². The smallest absolute Gasteiger partial charge is 0.136 e. The first-order chi connectivity index (χ1) is 9.63. The van der Waals surface area contributed by atoms with Gasteiger partial charge in [-0.15, -0.1) is 0 Å². The maximum atomic E-state index is 13.4. The molecule has 0 fully saturated rings. The Morgan fingerprint density at radius 1 is 1.25 bits per heavy atom. The first-order valence-electron chi connectivity index (χ1n) is 6.21. The molecule has 0 aliphatic heterocycles. The zero-order valence-corrected chi connectivity index (χ0v) is 11.4. The van der Waals surface area contributed by atoms with E-state index in [1.807, 2.05) is 12.1 Å². The Labute approximate surface area is 117 Å². The van der Waals surface area contributed by atoms with E-state index >= 15 is 0 Å². The number of nitriles is 1. The van der Waals surface area contributed by atoms with E-state index in [1.165, 1.54) is 13.2 Å². The van der Waals surface area contributed by atoms with E-state index in [0.717, 1.165) is 5.56 Å². The summed E-state index contributed by atoms with van der Waals surface area (Å²) in [6, 6.07) is 12.5. The van der Waals surface area contributed by atoms with Crippen molar-refractivity contribution >= 4 is 5.69 Å². The van der Waals surface area contributed by atoms with Crippen LogP contribution in [0.2, 0.25) is 0 Å². The highest BCUT2D eigenvalue weighted by Gasteiger charge is 2.04. The van der Waals surface area contributed by atoms with Gasteiger partial charge in [0.1, 0.15) is 17.6 Å². The lowest BCUT2D eigenvalue weighted by molar-refractivity contribution is 0.413. The van der Waals surface area contributed by atoms with Gasteiger partial charge in [-0.2, -0.15) is 5.26 Å². The second-order valence-corrected chi connectivity index (χ2v) is 4.46. The van der Waals surface area contributed by atoms with E-state index in [4.69, 9.17) is 10.00 Å². The third-order valence-corrected chi connectivity index (χ3v) is 3.05. The zero-order valence-electron chi connectivity index (χ0n) is 11.4. The molecule has 0 atom stereocenters. The molecular weight excluding hydrogens is 255 g/mol. The van der Waals surface area contributed by atoms with Crippen LogP contribution in [0.3, 0.4) is 0 Å². The molecule has 0 saturated carbocycles. The van der Waals surface area contributed by atoms with Crippen LogP contribution in [0.5, 0.6) is 5.75 Å². The van der Waals surface area contributed by atoms with Crippen molar-refractivity contribution in [3.63, 3.8) is 0 Å². The lowest BCUT2D eigenvalue weighted by Crippen LogP contribution is -2.01. The van der Waals surface area contributed by atoms with E-state index < -0.39 is 0 Å². The molecule has 0 amide bonds. The standard InChI is InChI=1S/C16H15FN2O/c1-11-3-5-14(8-15(11)17)19-10-12-4-6-16(20-2)13(7-12)9-18/h3-8,19H,10H2,1-2H3. The van der Waals surface area contributed by atoms with Crippen LogP contribution in [0.4, 0.5) is 10.1 Å². The number of nitrogens with one attached hydrogen (secondary N) is 1. The normalized spacial score (nSPS) is 9.90. The molecule has 2 aromatic rings. The van der Waals surface area contributed by atoms with Crippen LogP contribution in [-0.2, 0) is 6.54 Å². The number of methoxy groups -OCH3 is 1. The van der Waals surface area contributed by atoms with Crippen LogP contribution in [0, 0.1) is 24.1 Å². The molecule has 0 spiro atoms. The van der Waals surface area contributed by atoms with Crippen molar-refractivity contribution in [3.8, 4) is 11.8 Å². The van der Waals surface area contributed by atoms with Crippen molar-refractivity contribution in [3.05, 3.63) is 58.9 Å². The van der Waals surface area contributed by atoms with E-state index in [9.17, 15) is 4.39 Å². The summed E-state index contributed by atoms with van der Waals surface area (Å²) in [5.74, 6) is 0.320. The predicted octanol–water partition coefficient (Wildman–Crippen LogP) is 3.63. The van der Waals surface area contributed by atoms with Crippen LogP contribution < -0.4 is 10.1 Å². The van der Waals surface area contributed by atoms with E-state index in [-0.39, 0.29) is 5.82 Å². The quantitative estimate of drug-likeness (QED) is 0.922. The Morgan fingerprint density at radius 2 is 2.05 bits per heavy atom. The van der Waals surface area contributed by atoms with Gasteiger partial charge in [0.2, 0.25) is 0 Å². The van der Waals surface area contributed by atoms with Crippen LogP contribution in [0.15, 0.2) is 36.4 Å². The van der Waals surface area contributed by atoms with Crippen LogP contribution in [0.25, 0.3) is 0 Å². The molecule has 4 heteroatoms. The molecule has 0 saturated heterocycles. The van der Waals surface area contributed by atoms with Gasteiger partial charge in [0, 0.05) is 12.2 Å². The van der Waals surface area contributed by atoms with Gasteiger partial charge < -0.3 is 10.1 Å². The number of halogens is 1. The minimum absolute atomic E-state index is 0.234. The molecule has 0 aliphatic carbocycles. The Balaban J connectivity index is 2.11. The summed E-state index contributed by atoms with van der Waals surface area (Å²) in [4.78, 5) is 0. The van der Waals surface area contributed by atoms with Crippen molar-refractivity contribution in [1.82, 2.24) is 0 Å². The lowest BCUT2D eigenvalue weighted by Gasteiger charge is -2.09. The summed E-state index contributed by atoms with van der Waals surface area (Å²) in [7, 11) is 1.53. The molecule has 2 rings (SSSR count). The predicted molar refractivity (Wildman–Crippen MR) is 76.2 cm³/mol. The van der Waals surface area contributed by atoms with Crippen molar-refractivity contribution < 1.29 is 9.13 Å². The fourth-order valence-electron chi connectivity index (χ4n) is 1.86. The molecule has 0 heterocycles. The molecule has 20 heavy (non-hydrogen) atoms. The summed E-state index contributed by atoms with van der Waals surface area (Å²) in [5.41, 5.74) is 2.75. The Kier molecular flexibility index (Phi) is 4.21. The Morgan fingerprint density at radius 3 is 2.70 bits per heavy atom. The largest absolute Gasteiger partial charge is 0.495 e. The third kappa shape index (κ3) is 3.07. The lowest BCUT2D eigenvalue weighted by atomic mass is 10.1. The monoisotopic (exact) mass is 270 g/mol. The molecule has 0 radical (unpaired) electrons. The number of benzene rings is 2. The van der Waals surface area contributed by atoms with Crippen LogP contribution >= 0.6 is 0 Å². The molecule has 1 N–H and O–H groups in total. The van der Waals surface area contributed by atoms with Crippen LogP contribution in [0.1, 0.15) is 16.7 Å². The van der Waals surface area contributed by atoms with Crippen molar-refractivity contribution in [2.24, 2.45) is 0 Å². The van der Waals surface area contributed by atoms with Crippen molar-refractivity contribution in [2.45, 2.75) is 13.5 Å². The average Bonchev–Trinajstić information content (AvgIpc) is 2.48. The molecule has 0 unspecified atom stereocenters. The Hall–Kier alpha value is -2.54. The van der Waals surface area contributed by atoms with Gasteiger partial charge in [-0.1, -0.05) is 12.1 Å². The highest BCUT2D eigenvalue weighted by molar-refractivity contribution is 5.48. The Bertz CT molecular complexity index is 662. The summed E-state index contributed by atoms with van der Waals surface area (Å²) in [5, 5.41) is 12.2. The highest BCUT2D eigenvalue weighted by atomic mass is 19.1. The second-order valence-electron chi connectivity index (χ2n) is 4.46. The number of nitrogens with zero attached hydrogens (tertiary/aromatic N) is 1. The minimum atomic E-state index is -0.234. The van der Waals surface area contributed by atoms with Gasteiger partial charge in [-0.05, 0) is 42.3 Å². The van der Waals surface area contributed by atoms with E-state index in [0.29, 0.717) is 29.1 Å². The molecular formula is C16H15FN2O. The molecule has 102 valence electrons.